The van der Waals surface area contributed by atoms with Crippen LogP contribution in [-0.2, 0) is 13.6 Å². The Hall–Kier alpha value is -2.51. The van der Waals surface area contributed by atoms with Gasteiger partial charge in [-0.2, -0.15) is 0 Å². The lowest BCUT2D eigenvalue weighted by atomic mass is 10.2. The Morgan fingerprint density at radius 2 is 1.89 bits per heavy atom. The second kappa shape index (κ2) is 7.62. The van der Waals surface area contributed by atoms with E-state index in [9.17, 15) is 4.79 Å². The van der Waals surface area contributed by atoms with E-state index in [0.717, 1.165) is 49.1 Å². The molecule has 7 heteroatoms. The van der Waals surface area contributed by atoms with E-state index < -0.39 is 0 Å². The second-order valence-electron chi connectivity index (χ2n) is 6.93. The first-order chi connectivity index (χ1) is 13.1. The summed E-state index contributed by atoms with van der Waals surface area (Å²) in [5, 5.41) is 2.77. The molecule has 0 unspecified atom stereocenters. The number of hydrogen-bond acceptors (Lipinski definition) is 5. The quantitative estimate of drug-likeness (QED) is 0.697. The van der Waals surface area contributed by atoms with Gasteiger partial charge in [-0.15, -0.1) is 11.3 Å². The number of amides is 1. The van der Waals surface area contributed by atoms with Crippen LogP contribution < -0.4 is 0 Å². The molecular weight excluding hydrogens is 358 g/mol. The molecule has 4 rings (SSSR count). The third-order valence-corrected chi connectivity index (χ3v) is 5.86. The molecule has 2 aromatic heterocycles. The Bertz CT molecular complexity index is 922. The van der Waals surface area contributed by atoms with Crippen molar-refractivity contribution >= 4 is 17.2 Å². The van der Waals surface area contributed by atoms with Crippen molar-refractivity contribution in [2.24, 2.45) is 7.05 Å². The minimum Gasteiger partial charge on any atom is -0.337 e. The van der Waals surface area contributed by atoms with Crippen molar-refractivity contribution in [1.82, 2.24) is 24.3 Å². The number of rotatable bonds is 4. The van der Waals surface area contributed by atoms with Crippen molar-refractivity contribution in [2.75, 3.05) is 26.2 Å². The lowest BCUT2D eigenvalue weighted by Gasteiger charge is -2.34. The van der Waals surface area contributed by atoms with Crippen LogP contribution in [0.3, 0.4) is 0 Å². The van der Waals surface area contributed by atoms with Crippen LogP contribution in [0.4, 0.5) is 0 Å². The molecule has 140 valence electrons. The van der Waals surface area contributed by atoms with Gasteiger partial charge in [-0.05, 0) is 6.92 Å². The van der Waals surface area contributed by atoms with E-state index in [4.69, 9.17) is 0 Å². The van der Waals surface area contributed by atoms with Crippen LogP contribution in [0.1, 0.15) is 21.9 Å². The molecule has 0 aliphatic carbocycles. The molecule has 1 fully saturated rings. The summed E-state index contributed by atoms with van der Waals surface area (Å²) in [6.07, 6.45) is 3.78. The second-order valence-corrected chi connectivity index (χ2v) is 7.78. The monoisotopic (exact) mass is 381 g/mol. The highest BCUT2D eigenvalue weighted by Gasteiger charge is 2.24. The average Bonchev–Trinajstić information content (AvgIpc) is 3.32. The number of nitrogens with zero attached hydrogens (tertiary/aromatic N) is 5. The highest BCUT2D eigenvalue weighted by atomic mass is 32.1. The molecule has 1 aliphatic rings. The molecule has 6 nitrogen and oxygen atoms in total. The molecule has 0 saturated carbocycles. The number of carbonyl (C=O) groups excluding carboxylic acids is 1. The van der Waals surface area contributed by atoms with Crippen molar-refractivity contribution in [2.45, 2.75) is 13.5 Å². The minimum absolute atomic E-state index is 0.0289. The maximum atomic E-state index is 12.8. The summed E-state index contributed by atoms with van der Waals surface area (Å²) in [7, 11) is 2.01. The first-order valence-electron chi connectivity index (χ1n) is 9.10. The Kier molecular flexibility index (Phi) is 5.05. The summed E-state index contributed by atoms with van der Waals surface area (Å²) in [5.41, 5.74) is 2.83. The van der Waals surface area contributed by atoms with Crippen LogP contribution in [0.2, 0.25) is 0 Å². The van der Waals surface area contributed by atoms with Gasteiger partial charge in [0.1, 0.15) is 16.5 Å². The van der Waals surface area contributed by atoms with E-state index >= 15 is 0 Å². The van der Waals surface area contributed by atoms with Crippen molar-refractivity contribution in [3.05, 3.63) is 59.1 Å². The summed E-state index contributed by atoms with van der Waals surface area (Å²) in [6.45, 7) is 6.04. The SMILES string of the molecule is Cc1ccc(-c2nc(C(=O)N3CCN(Cc4nccn4C)CC3)cs2)cc1. The Balaban J connectivity index is 1.37. The Morgan fingerprint density at radius 1 is 1.15 bits per heavy atom. The fraction of sp³-hybridized carbons (Fsp3) is 0.350. The molecule has 0 bridgehead atoms. The maximum Gasteiger partial charge on any atom is 0.273 e. The molecule has 27 heavy (non-hydrogen) atoms. The summed E-state index contributed by atoms with van der Waals surface area (Å²) in [6, 6.07) is 8.25. The van der Waals surface area contributed by atoms with Crippen molar-refractivity contribution in [1.29, 1.82) is 0 Å². The normalized spacial score (nSPS) is 15.3. The third-order valence-electron chi connectivity index (χ3n) is 4.97. The Morgan fingerprint density at radius 3 is 2.56 bits per heavy atom. The standard InChI is InChI=1S/C20H23N5OS/c1-15-3-5-16(6-4-15)19-22-17(14-27-19)20(26)25-11-9-24(10-12-25)13-18-21-7-8-23(18)2/h3-8,14H,9-13H2,1-2H3. The van der Waals surface area contributed by atoms with Gasteiger partial charge in [-0.1, -0.05) is 29.8 Å². The maximum absolute atomic E-state index is 12.8. The van der Waals surface area contributed by atoms with Gasteiger partial charge in [0.15, 0.2) is 0 Å². The van der Waals surface area contributed by atoms with Crippen LogP contribution in [-0.4, -0.2) is 56.4 Å². The highest BCUT2D eigenvalue weighted by molar-refractivity contribution is 7.13. The molecule has 1 amide bonds. The number of carbonyl (C=O) groups is 1. The van der Waals surface area contributed by atoms with Gasteiger partial charge in [0, 0.05) is 56.6 Å². The van der Waals surface area contributed by atoms with Crippen LogP contribution in [0.5, 0.6) is 0 Å². The number of benzene rings is 1. The largest absolute Gasteiger partial charge is 0.337 e. The molecule has 3 aromatic rings. The summed E-state index contributed by atoms with van der Waals surface area (Å²) in [5.74, 6) is 1.08. The van der Waals surface area contributed by atoms with Gasteiger partial charge >= 0.3 is 0 Å². The smallest absolute Gasteiger partial charge is 0.273 e. The number of imidazole rings is 1. The topological polar surface area (TPSA) is 54.3 Å². The summed E-state index contributed by atoms with van der Waals surface area (Å²) < 4.78 is 2.04. The van der Waals surface area contributed by atoms with E-state index in [0.29, 0.717) is 5.69 Å². The number of hydrogen-bond donors (Lipinski definition) is 0. The van der Waals surface area contributed by atoms with Crippen molar-refractivity contribution < 1.29 is 4.79 Å². The number of thiazole rings is 1. The summed E-state index contributed by atoms with van der Waals surface area (Å²) >= 11 is 1.53. The van der Waals surface area contributed by atoms with Gasteiger partial charge < -0.3 is 9.47 Å². The van der Waals surface area contributed by atoms with Crippen molar-refractivity contribution in [3.63, 3.8) is 0 Å². The van der Waals surface area contributed by atoms with Crippen LogP contribution in [0.25, 0.3) is 10.6 Å². The lowest BCUT2D eigenvalue weighted by Crippen LogP contribution is -2.48. The average molecular weight is 382 g/mol. The molecule has 0 spiro atoms. The lowest BCUT2D eigenvalue weighted by molar-refractivity contribution is 0.0619. The first kappa shape index (κ1) is 17.9. The van der Waals surface area contributed by atoms with Crippen LogP contribution in [0.15, 0.2) is 42.0 Å². The van der Waals surface area contributed by atoms with E-state index in [1.807, 2.05) is 34.3 Å². The van der Waals surface area contributed by atoms with Crippen LogP contribution in [0, 0.1) is 6.92 Å². The fourth-order valence-corrected chi connectivity index (χ4v) is 4.02. The first-order valence-corrected chi connectivity index (χ1v) is 9.98. The summed E-state index contributed by atoms with van der Waals surface area (Å²) in [4.78, 5) is 26.0. The minimum atomic E-state index is 0.0289. The van der Waals surface area contributed by atoms with E-state index in [-0.39, 0.29) is 5.91 Å². The zero-order valence-electron chi connectivity index (χ0n) is 15.6. The zero-order valence-corrected chi connectivity index (χ0v) is 16.4. The van der Waals surface area contributed by atoms with Crippen molar-refractivity contribution in [3.8, 4) is 10.6 Å². The highest BCUT2D eigenvalue weighted by Crippen LogP contribution is 2.24. The fourth-order valence-electron chi connectivity index (χ4n) is 3.22. The van der Waals surface area contributed by atoms with Gasteiger partial charge in [0.05, 0.1) is 6.54 Å². The predicted octanol–water partition coefficient (Wildman–Crippen LogP) is 2.81. The molecule has 1 aliphatic heterocycles. The Labute approximate surface area is 163 Å². The molecular formula is C20H23N5OS. The third kappa shape index (κ3) is 3.94. The molecule has 0 N–H and O–H groups in total. The van der Waals surface area contributed by atoms with Gasteiger partial charge in [0.2, 0.25) is 0 Å². The van der Waals surface area contributed by atoms with E-state index in [2.05, 4.69) is 46.1 Å². The molecule has 0 atom stereocenters. The van der Waals surface area contributed by atoms with E-state index in [1.165, 1.54) is 16.9 Å². The molecule has 1 aromatic carbocycles. The number of aromatic nitrogens is 3. The number of piperazine rings is 1. The van der Waals surface area contributed by atoms with Gasteiger partial charge in [-0.25, -0.2) is 9.97 Å². The number of aryl methyl sites for hydroxylation is 2. The van der Waals surface area contributed by atoms with Gasteiger partial charge in [-0.3, -0.25) is 9.69 Å². The molecule has 0 radical (unpaired) electrons. The van der Waals surface area contributed by atoms with E-state index in [1.54, 1.807) is 0 Å². The molecule has 1 saturated heterocycles. The zero-order chi connectivity index (χ0) is 18.8. The molecule has 3 heterocycles. The predicted molar refractivity (Wildman–Crippen MR) is 107 cm³/mol. The van der Waals surface area contributed by atoms with Crippen LogP contribution >= 0.6 is 11.3 Å². The van der Waals surface area contributed by atoms with Gasteiger partial charge in [0.25, 0.3) is 5.91 Å².